The van der Waals surface area contributed by atoms with Crippen molar-refractivity contribution < 1.29 is 23.2 Å². The van der Waals surface area contributed by atoms with E-state index in [-0.39, 0.29) is 41.2 Å². The third-order valence-electron chi connectivity index (χ3n) is 8.21. The summed E-state index contributed by atoms with van der Waals surface area (Å²) in [5.74, 6) is -1.25. The molecule has 0 spiro atoms. The van der Waals surface area contributed by atoms with Crippen LogP contribution in [0.3, 0.4) is 0 Å². The van der Waals surface area contributed by atoms with Gasteiger partial charge >= 0.3 is 0 Å². The van der Waals surface area contributed by atoms with Gasteiger partial charge in [-0.2, -0.15) is 0 Å². The van der Waals surface area contributed by atoms with E-state index in [1.165, 1.54) is 0 Å². The fourth-order valence-corrected chi connectivity index (χ4v) is 7.00. The van der Waals surface area contributed by atoms with E-state index in [2.05, 4.69) is 6.92 Å². The summed E-state index contributed by atoms with van der Waals surface area (Å²) in [6, 6.07) is 0. The van der Waals surface area contributed by atoms with E-state index in [1.54, 1.807) is 6.08 Å². The van der Waals surface area contributed by atoms with E-state index < -0.39 is 23.5 Å². The lowest BCUT2D eigenvalue weighted by Gasteiger charge is -2.56. The van der Waals surface area contributed by atoms with Gasteiger partial charge in [-0.05, 0) is 60.8 Å². The number of hydrogen-bond acceptors (Lipinski definition) is 3. The van der Waals surface area contributed by atoms with Gasteiger partial charge in [-0.1, -0.05) is 19.4 Å². The van der Waals surface area contributed by atoms with Crippen LogP contribution in [0.1, 0.15) is 58.8 Å². The summed E-state index contributed by atoms with van der Waals surface area (Å²) in [7, 11) is 0. The molecule has 0 unspecified atom stereocenters. The fraction of sp³-hybridized carbons (Fsp3) is 0.762. The number of alkyl halides is 2. The second-order valence-corrected chi connectivity index (χ2v) is 9.32. The topological polar surface area (TPSA) is 51.2 Å². The maximum absolute atomic E-state index is 13.2. The summed E-state index contributed by atoms with van der Waals surface area (Å²) < 4.78 is 26.2. The second-order valence-electron chi connectivity index (χ2n) is 9.32. The molecule has 0 amide bonds. The average Bonchev–Trinajstić information content (AvgIpc) is 2.90. The molecule has 4 aliphatic rings. The van der Waals surface area contributed by atoms with Crippen LogP contribution in [0, 0.1) is 34.5 Å². The van der Waals surface area contributed by atoms with Gasteiger partial charge < -0.3 is 0 Å². The standard InChI is InChI=1S/C21H26F2O3/c1-20-8-7-12(24)9-11(20)3-4-13-14-5-6-15(18(26)19(22)23)21(14,2)10-16(25)17(13)20/h9,13-15,17,19H,3-8,10H2,1-2H3/t13-,14-,15+,17+,20-,21-/m0/s1. The number of halogens is 2. The molecule has 4 rings (SSSR count). The molecule has 26 heavy (non-hydrogen) atoms. The van der Waals surface area contributed by atoms with Crippen LogP contribution < -0.4 is 0 Å². The van der Waals surface area contributed by atoms with E-state index in [4.69, 9.17) is 0 Å². The summed E-state index contributed by atoms with van der Waals surface area (Å²) >= 11 is 0. The number of rotatable bonds is 2. The molecule has 0 aromatic carbocycles. The van der Waals surface area contributed by atoms with E-state index in [0.29, 0.717) is 19.3 Å². The number of allylic oxidation sites excluding steroid dienone is 1. The highest BCUT2D eigenvalue weighted by molar-refractivity contribution is 5.93. The van der Waals surface area contributed by atoms with Gasteiger partial charge in [-0.3, -0.25) is 14.4 Å². The molecule has 0 aliphatic heterocycles. The summed E-state index contributed by atoms with van der Waals surface area (Å²) in [5.41, 5.74) is 0.193. The number of fused-ring (bicyclic) bond motifs is 5. The minimum Gasteiger partial charge on any atom is -0.299 e. The minimum absolute atomic E-state index is 0.116. The molecular formula is C21H26F2O3. The Bertz CT molecular complexity index is 712. The van der Waals surface area contributed by atoms with Crippen molar-refractivity contribution in [2.75, 3.05) is 0 Å². The van der Waals surface area contributed by atoms with Crippen molar-refractivity contribution in [2.45, 2.75) is 65.2 Å². The quantitative estimate of drug-likeness (QED) is 0.740. The summed E-state index contributed by atoms with van der Waals surface area (Å²) in [4.78, 5) is 37.2. The van der Waals surface area contributed by atoms with Crippen molar-refractivity contribution in [2.24, 2.45) is 34.5 Å². The predicted octanol–water partition coefficient (Wildman–Crippen LogP) is 4.15. The van der Waals surface area contributed by atoms with Crippen molar-refractivity contribution in [3.05, 3.63) is 11.6 Å². The number of ketones is 3. The first-order chi connectivity index (χ1) is 12.2. The average molecular weight is 364 g/mol. The normalized spacial score (nSPS) is 45.0. The maximum atomic E-state index is 13.2. The largest absolute Gasteiger partial charge is 0.299 e. The van der Waals surface area contributed by atoms with Crippen LogP contribution in [-0.4, -0.2) is 23.8 Å². The van der Waals surface area contributed by atoms with E-state index >= 15 is 0 Å². The molecule has 0 N–H and O–H groups in total. The lowest BCUT2D eigenvalue weighted by atomic mass is 9.46. The molecule has 5 heteroatoms. The molecule has 0 bridgehead atoms. The summed E-state index contributed by atoms with van der Waals surface area (Å²) in [5, 5.41) is 0. The van der Waals surface area contributed by atoms with E-state index in [0.717, 1.165) is 24.8 Å². The van der Waals surface area contributed by atoms with Crippen LogP contribution in [0.15, 0.2) is 11.6 Å². The Hall–Kier alpha value is -1.39. The zero-order valence-corrected chi connectivity index (χ0v) is 15.4. The van der Waals surface area contributed by atoms with Crippen molar-refractivity contribution >= 4 is 17.3 Å². The van der Waals surface area contributed by atoms with Crippen LogP contribution in [0.2, 0.25) is 0 Å². The van der Waals surface area contributed by atoms with Crippen molar-refractivity contribution in [1.29, 1.82) is 0 Å². The third-order valence-corrected chi connectivity index (χ3v) is 8.21. The molecule has 4 aliphatic carbocycles. The smallest absolute Gasteiger partial charge is 0.296 e. The Morgan fingerprint density at radius 1 is 1.15 bits per heavy atom. The molecule has 0 saturated heterocycles. The number of carbonyl (C=O) groups is 3. The van der Waals surface area contributed by atoms with Crippen LogP contribution in [0.4, 0.5) is 8.78 Å². The minimum atomic E-state index is -2.95. The molecule has 3 saturated carbocycles. The van der Waals surface area contributed by atoms with Crippen molar-refractivity contribution in [1.82, 2.24) is 0 Å². The predicted molar refractivity (Wildman–Crippen MR) is 91.6 cm³/mol. The van der Waals surface area contributed by atoms with Crippen molar-refractivity contribution in [3.63, 3.8) is 0 Å². The highest BCUT2D eigenvalue weighted by atomic mass is 19.3. The van der Waals surface area contributed by atoms with Gasteiger partial charge in [0, 0.05) is 24.7 Å². The first-order valence-corrected chi connectivity index (χ1v) is 9.77. The first-order valence-electron chi connectivity index (χ1n) is 9.77. The lowest BCUT2D eigenvalue weighted by Crippen LogP contribution is -2.55. The van der Waals surface area contributed by atoms with Gasteiger partial charge in [0.05, 0.1) is 0 Å². The Labute approximate surface area is 152 Å². The lowest BCUT2D eigenvalue weighted by molar-refractivity contribution is -0.151. The number of hydrogen-bond donors (Lipinski definition) is 0. The van der Waals surface area contributed by atoms with Crippen LogP contribution >= 0.6 is 0 Å². The monoisotopic (exact) mass is 364 g/mol. The van der Waals surface area contributed by atoms with E-state index in [9.17, 15) is 23.2 Å². The first kappa shape index (κ1) is 18.0. The highest BCUT2D eigenvalue weighted by Crippen LogP contribution is 2.65. The number of Topliss-reactive ketones (excluding diaryl/α,β-unsaturated/α-hetero) is 2. The Kier molecular flexibility index (Phi) is 4.02. The summed E-state index contributed by atoms with van der Waals surface area (Å²) in [6.07, 6.45) is 3.04. The molecule has 142 valence electrons. The molecule has 0 aromatic heterocycles. The molecule has 3 fully saturated rings. The van der Waals surface area contributed by atoms with Crippen LogP contribution in [0.5, 0.6) is 0 Å². The SMILES string of the molecule is C[C@]12CC(=O)[C@H]3[C@@H](CCC4=CC(=O)CC[C@@]43C)[C@@H]1CC[C@@H]2C(=O)C(F)F. The second kappa shape index (κ2) is 5.80. The third kappa shape index (κ3) is 2.31. The van der Waals surface area contributed by atoms with Gasteiger partial charge in [0.2, 0.25) is 5.78 Å². The number of carbonyl (C=O) groups excluding carboxylic acids is 3. The molecule has 0 radical (unpaired) electrons. The summed E-state index contributed by atoms with van der Waals surface area (Å²) in [6.45, 7) is 4.00. The van der Waals surface area contributed by atoms with Gasteiger partial charge in [-0.15, -0.1) is 0 Å². The van der Waals surface area contributed by atoms with Crippen molar-refractivity contribution in [3.8, 4) is 0 Å². The zero-order valence-electron chi connectivity index (χ0n) is 15.4. The van der Waals surface area contributed by atoms with Gasteiger partial charge in [-0.25, -0.2) is 8.78 Å². The Morgan fingerprint density at radius 2 is 1.88 bits per heavy atom. The maximum Gasteiger partial charge on any atom is 0.296 e. The molecule has 6 atom stereocenters. The highest BCUT2D eigenvalue weighted by Gasteiger charge is 2.63. The molecule has 0 heterocycles. The van der Waals surface area contributed by atoms with Gasteiger partial charge in [0.25, 0.3) is 6.43 Å². The molecule has 0 aromatic rings. The van der Waals surface area contributed by atoms with Gasteiger partial charge in [0.1, 0.15) is 5.78 Å². The Balaban J connectivity index is 1.70. The van der Waals surface area contributed by atoms with E-state index in [1.807, 2.05) is 6.92 Å². The van der Waals surface area contributed by atoms with Gasteiger partial charge in [0.15, 0.2) is 5.78 Å². The molecule has 3 nitrogen and oxygen atoms in total. The van der Waals surface area contributed by atoms with Crippen LogP contribution in [0.25, 0.3) is 0 Å². The zero-order chi connectivity index (χ0) is 18.9. The van der Waals surface area contributed by atoms with Crippen LogP contribution in [-0.2, 0) is 14.4 Å². The Morgan fingerprint density at radius 3 is 2.58 bits per heavy atom. The fourth-order valence-electron chi connectivity index (χ4n) is 7.00. The molecular weight excluding hydrogens is 338 g/mol.